The molecule has 2 aromatic carbocycles. The summed E-state index contributed by atoms with van der Waals surface area (Å²) in [5.41, 5.74) is 3.55. The maximum atomic E-state index is 12.3. The van der Waals surface area contributed by atoms with Crippen molar-refractivity contribution < 1.29 is 4.79 Å². The van der Waals surface area contributed by atoms with Crippen molar-refractivity contribution in [2.24, 2.45) is 0 Å². The number of benzene rings is 2. The first-order chi connectivity index (χ1) is 12.7. The van der Waals surface area contributed by atoms with Gasteiger partial charge in [-0.3, -0.25) is 0 Å². The third-order valence-corrected chi connectivity index (χ3v) is 4.72. The highest BCUT2D eigenvalue weighted by molar-refractivity contribution is 5.79. The number of urea groups is 1. The number of amides is 2. The summed E-state index contributed by atoms with van der Waals surface area (Å²) in [6, 6.07) is 15.7. The van der Waals surface area contributed by atoms with Gasteiger partial charge in [0.25, 0.3) is 0 Å². The van der Waals surface area contributed by atoms with E-state index in [-0.39, 0.29) is 11.7 Å². The number of anilines is 1. The predicted octanol–water partition coefficient (Wildman–Crippen LogP) is 1.89. The van der Waals surface area contributed by atoms with Crippen LogP contribution in [0.1, 0.15) is 5.56 Å². The number of nitrogens with zero attached hydrogens (tertiary/aromatic N) is 2. The standard InChI is InChI=1S/C19H21N5O2/c25-18-21-16-7-6-15(12-17(16)22-18)23-8-10-24(11-9-23)19(26)20-13-14-4-2-1-3-5-14/h1-7,12H,8-11,13H2,(H,20,26)(H2,21,22,25). The van der Waals surface area contributed by atoms with Gasteiger partial charge < -0.3 is 25.1 Å². The summed E-state index contributed by atoms with van der Waals surface area (Å²) in [4.78, 5) is 33.3. The van der Waals surface area contributed by atoms with Gasteiger partial charge in [-0.05, 0) is 23.8 Å². The molecular weight excluding hydrogens is 330 g/mol. The van der Waals surface area contributed by atoms with Gasteiger partial charge in [-0.25, -0.2) is 9.59 Å². The zero-order valence-electron chi connectivity index (χ0n) is 14.4. The summed E-state index contributed by atoms with van der Waals surface area (Å²) in [5, 5.41) is 2.97. The van der Waals surface area contributed by atoms with E-state index < -0.39 is 0 Å². The van der Waals surface area contributed by atoms with E-state index in [1.807, 2.05) is 53.4 Å². The predicted molar refractivity (Wildman–Crippen MR) is 101 cm³/mol. The van der Waals surface area contributed by atoms with Crippen LogP contribution in [0, 0.1) is 0 Å². The number of rotatable bonds is 3. The zero-order valence-corrected chi connectivity index (χ0v) is 14.4. The summed E-state index contributed by atoms with van der Waals surface area (Å²) in [6.07, 6.45) is 0. The summed E-state index contributed by atoms with van der Waals surface area (Å²) < 4.78 is 0. The molecule has 26 heavy (non-hydrogen) atoms. The van der Waals surface area contributed by atoms with Crippen LogP contribution in [0.2, 0.25) is 0 Å². The molecule has 3 aromatic rings. The van der Waals surface area contributed by atoms with Gasteiger partial charge in [0.05, 0.1) is 11.0 Å². The first-order valence-electron chi connectivity index (χ1n) is 8.73. The Bertz CT molecular complexity index is 955. The van der Waals surface area contributed by atoms with Crippen molar-refractivity contribution in [1.82, 2.24) is 20.2 Å². The Balaban J connectivity index is 1.34. The van der Waals surface area contributed by atoms with Crippen molar-refractivity contribution in [3.63, 3.8) is 0 Å². The first kappa shape index (κ1) is 16.3. The third kappa shape index (κ3) is 3.42. The second-order valence-electron chi connectivity index (χ2n) is 6.43. The molecule has 0 unspecified atom stereocenters. The second-order valence-corrected chi connectivity index (χ2v) is 6.43. The van der Waals surface area contributed by atoms with Crippen LogP contribution in [0.5, 0.6) is 0 Å². The van der Waals surface area contributed by atoms with E-state index in [0.29, 0.717) is 19.6 Å². The highest BCUT2D eigenvalue weighted by Gasteiger charge is 2.21. The minimum atomic E-state index is -0.197. The third-order valence-electron chi connectivity index (χ3n) is 4.72. The van der Waals surface area contributed by atoms with Crippen molar-refractivity contribution in [1.29, 1.82) is 0 Å². The maximum absolute atomic E-state index is 12.3. The molecule has 0 bridgehead atoms. The van der Waals surface area contributed by atoms with E-state index in [4.69, 9.17) is 0 Å². The molecule has 1 saturated heterocycles. The van der Waals surface area contributed by atoms with Gasteiger partial charge in [-0.2, -0.15) is 0 Å². The highest BCUT2D eigenvalue weighted by Crippen LogP contribution is 2.20. The first-order valence-corrected chi connectivity index (χ1v) is 8.73. The lowest BCUT2D eigenvalue weighted by molar-refractivity contribution is 0.194. The van der Waals surface area contributed by atoms with Crippen LogP contribution >= 0.6 is 0 Å². The summed E-state index contributed by atoms with van der Waals surface area (Å²) >= 11 is 0. The molecule has 7 nitrogen and oxygen atoms in total. The minimum Gasteiger partial charge on any atom is -0.368 e. The lowest BCUT2D eigenvalue weighted by atomic mass is 10.2. The minimum absolute atomic E-state index is 0.0288. The molecule has 1 aliphatic rings. The fourth-order valence-corrected chi connectivity index (χ4v) is 3.27. The fraction of sp³-hybridized carbons (Fsp3) is 0.263. The largest absolute Gasteiger partial charge is 0.368 e. The molecule has 0 saturated carbocycles. The number of carbonyl (C=O) groups is 1. The van der Waals surface area contributed by atoms with Crippen molar-refractivity contribution in [2.45, 2.75) is 6.54 Å². The Kier molecular flexibility index (Phi) is 4.35. The molecule has 4 rings (SSSR count). The molecule has 0 radical (unpaired) electrons. The average Bonchev–Trinajstić information content (AvgIpc) is 3.06. The van der Waals surface area contributed by atoms with Crippen molar-refractivity contribution in [3.8, 4) is 0 Å². The van der Waals surface area contributed by atoms with E-state index >= 15 is 0 Å². The molecule has 3 N–H and O–H groups in total. The van der Waals surface area contributed by atoms with E-state index in [1.165, 1.54) is 0 Å². The van der Waals surface area contributed by atoms with E-state index in [0.717, 1.165) is 35.4 Å². The Labute approximate surface area is 150 Å². The van der Waals surface area contributed by atoms with Gasteiger partial charge >= 0.3 is 11.7 Å². The monoisotopic (exact) mass is 351 g/mol. The molecule has 134 valence electrons. The summed E-state index contributed by atoms with van der Waals surface area (Å²) in [6.45, 7) is 3.40. The van der Waals surface area contributed by atoms with Gasteiger partial charge in [0.2, 0.25) is 0 Å². The fourth-order valence-electron chi connectivity index (χ4n) is 3.27. The molecular formula is C19H21N5O2. The lowest BCUT2D eigenvalue weighted by Gasteiger charge is -2.36. The van der Waals surface area contributed by atoms with Crippen LogP contribution in [0.4, 0.5) is 10.5 Å². The number of piperazine rings is 1. The molecule has 7 heteroatoms. The quantitative estimate of drug-likeness (QED) is 0.674. The van der Waals surface area contributed by atoms with Crippen LogP contribution in [-0.4, -0.2) is 47.1 Å². The van der Waals surface area contributed by atoms with E-state index in [9.17, 15) is 9.59 Å². The van der Waals surface area contributed by atoms with Gasteiger partial charge in [0.1, 0.15) is 0 Å². The smallest absolute Gasteiger partial charge is 0.323 e. The van der Waals surface area contributed by atoms with E-state index in [2.05, 4.69) is 20.2 Å². The Hall–Kier alpha value is -3.22. The highest BCUT2D eigenvalue weighted by atomic mass is 16.2. The van der Waals surface area contributed by atoms with Crippen LogP contribution in [0.15, 0.2) is 53.3 Å². The molecule has 0 spiro atoms. The van der Waals surface area contributed by atoms with Gasteiger partial charge in [-0.1, -0.05) is 30.3 Å². The van der Waals surface area contributed by atoms with Gasteiger partial charge in [-0.15, -0.1) is 0 Å². The molecule has 2 amide bonds. The number of fused-ring (bicyclic) bond motifs is 1. The van der Waals surface area contributed by atoms with Crippen molar-refractivity contribution in [2.75, 3.05) is 31.1 Å². The summed E-state index contributed by atoms with van der Waals surface area (Å²) in [7, 11) is 0. The van der Waals surface area contributed by atoms with Crippen LogP contribution in [0.25, 0.3) is 11.0 Å². The molecule has 0 aliphatic carbocycles. The SMILES string of the molecule is O=C(NCc1ccccc1)N1CCN(c2ccc3[nH]c(=O)[nH]c3c2)CC1. The number of H-pyrrole nitrogens is 2. The number of carbonyl (C=O) groups excluding carboxylic acids is 1. The van der Waals surface area contributed by atoms with Crippen molar-refractivity contribution in [3.05, 3.63) is 64.6 Å². The summed E-state index contributed by atoms with van der Waals surface area (Å²) in [5.74, 6) is 0. The molecule has 1 aliphatic heterocycles. The van der Waals surface area contributed by atoms with Gasteiger partial charge in [0.15, 0.2) is 0 Å². The number of aromatic amines is 2. The van der Waals surface area contributed by atoms with Crippen LogP contribution < -0.4 is 15.9 Å². The molecule has 1 aromatic heterocycles. The number of hydrogen-bond donors (Lipinski definition) is 3. The average molecular weight is 351 g/mol. The van der Waals surface area contributed by atoms with Crippen LogP contribution in [-0.2, 0) is 6.54 Å². The molecule has 0 atom stereocenters. The molecule has 1 fully saturated rings. The normalized spacial score (nSPS) is 14.6. The molecule has 2 heterocycles. The van der Waals surface area contributed by atoms with Crippen molar-refractivity contribution >= 4 is 22.8 Å². The topological polar surface area (TPSA) is 84.2 Å². The Morgan fingerprint density at radius 2 is 1.69 bits per heavy atom. The maximum Gasteiger partial charge on any atom is 0.323 e. The van der Waals surface area contributed by atoms with Crippen LogP contribution in [0.3, 0.4) is 0 Å². The lowest BCUT2D eigenvalue weighted by Crippen LogP contribution is -2.51. The number of nitrogens with one attached hydrogen (secondary N) is 3. The number of hydrogen-bond acceptors (Lipinski definition) is 3. The van der Waals surface area contributed by atoms with Gasteiger partial charge in [0, 0.05) is 38.4 Å². The Morgan fingerprint density at radius 1 is 0.962 bits per heavy atom. The zero-order chi connectivity index (χ0) is 17.9. The second kappa shape index (κ2) is 6.95. The number of aromatic nitrogens is 2. The van der Waals surface area contributed by atoms with E-state index in [1.54, 1.807) is 0 Å². The Morgan fingerprint density at radius 3 is 2.46 bits per heavy atom. The number of imidazole rings is 1.